The van der Waals surface area contributed by atoms with Gasteiger partial charge in [-0.1, -0.05) is 25.8 Å². The number of amides is 1. The molecule has 3 aromatic rings. The van der Waals surface area contributed by atoms with Gasteiger partial charge >= 0.3 is 0 Å². The van der Waals surface area contributed by atoms with Crippen molar-refractivity contribution in [1.29, 1.82) is 0 Å². The highest BCUT2D eigenvalue weighted by atomic mass is 16.2. The van der Waals surface area contributed by atoms with Crippen molar-refractivity contribution in [3.8, 4) is 23.1 Å². The molecule has 1 saturated carbocycles. The predicted molar refractivity (Wildman–Crippen MR) is 121 cm³/mol. The fourth-order valence-corrected chi connectivity index (χ4v) is 3.91. The zero-order chi connectivity index (χ0) is 22.1. The number of carbonyl (C=O) groups is 1. The Labute approximate surface area is 181 Å². The fourth-order valence-electron chi connectivity index (χ4n) is 3.91. The SMILES string of the molecule is Cc1c(C(N)=O)ccc(-c2cnc3c(NCC(C)C)nc(C#CCO)cn23)c1C1CC1. The number of rotatable bonds is 6. The van der Waals surface area contributed by atoms with Gasteiger partial charge in [-0.3, -0.25) is 9.20 Å². The van der Waals surface area contributed by atoms with E-state index >= 15 is 0 Å². The second-order valence-corrected chi connectivity index (χ2v) is 8.38. The van der Waals surface area contributed by atoms with Crippen molar-refractivity contribution >= 4 is 17.4 Å². The summed E-state index contributed by atoms with van der Waals surface area (Å²) >= 11 is 0. The first kappa shape index (κ1) is 20.9. The summed E-state index contributed by atoms with van der Waals surface area (Å²) in [5.74, 6) is 6.69. The molecule has 7 heteroatoms. The predicted octanol–water partition coefficient (Wildman–Crippen LogP) is 3.09. The summed E-state index contributed by atoms with van der Waals surface area (Å²) in [6, 6.07) is 3.76. The van der Waals surface area contributed by atoms with Gasteiger partial charge in [0.05, 0.1) is 11.9 Å². The van der Waals surface area contributed by atoms with Crippen molar-refractivity contribution in [2.45, 2.75) is 39.5 Å². The molecule has 2 aromatic heterocycles. The van der Waals surface area contributed by atoms with E-state index in [0.717, 1.165) is 41.8 Å². The number of aliphatic hydroxyl groups is 1. The summed E-state index contributed by atoms with van der Waals surface area (Å²) in [7, 11) is 0. The van der Waals surface area contributed by atoms with Gasteiger partial charge in [0, 0.05) is 23.9 Å². The molecule has 7 nitrogen and oxygen atoms in total. The molecule has 0 radical (unpaired) electrons. The summed E-state index contributed by atoms with van der Waals surface area (Å²) in [5, 5.41) is 12.5. The number of primary amides is 1. The summed E-state index contributed by atoms with van der Waals surface area (Å²) in [5.41, 5.74) is 11.5. The van der Waals surface area contributed by atoms with Gasteiger partial charge < -0.3 is 16.2 Å². The summed E-state index contributed by atoms with van der Waals surface area (Å²) in [6.45, 7) is 6.74. The lowest BCUT2D eigenvalue weighted by atomic mass is 9.92. The Kier molecular flexibility index (Phi) is 5.66. The molecule has 0 atom stereocenters. The van der Waals surface area contributed by atoms with Crippen molar-refractivity contribution in [3.63, 3.8) is 0 Å². The Morgan fingerprint density at radius 3 is 2.81 bits per heavy atom. The number of imidazole rings is 1. The number of hydrogen-bond acceptors (Lipinski definition) is 5. The standard InChI is InChI=1S/C24H27N5O2/c1-14(2)11-26-23-24-27-12-20(29(24)13-17(28-23)5-4-10-30)19-9-8-18(22(25)31)15(3)21(19)16-6-7-16/h8-9,12-14,16,30H,6-7,10-11H2,1-3H3,(H2,25,31)(H,26,28). The van der Waals surface area contributed by atoms with Crippen molar-refractivity contribution in [1.82, 2.24) is 14.4 Å². The Hall–Kier alpha value is -3.37. The van der Waals surface area contributed by atoms with Crippen LogP contribution in [0.5, 0.6) is 0 Å². The minimum Gasteiger partial charge on any atom is -0.384 e. The van der Waals surface area contributed by atoms with Crippen LogP contribution in [0.2, 0.25) is 0 Å². The highest BCUT2D eigenvalue weighted by Gasteiger charge is 2.30. The highest BCUT2D eigenvalue weighted by molar-refractivity contribution is 5.95. The van der Waals surface area contributed by atoms with Gasteiger partial charge in [-0.25, -0.2) is 9.97 Å². The molecular formula is C24H27N5O2. The molecule has 1 amide bonds. The van der Waals surface area contributed by atoms with Crippen LogP contribution in [-0.4, -0.2) is 38.5 Å². The first-order valence-electron chi connectivity index (χ1n) is 10.6. The number of nitrogens with one attached hydrogen (secondary N) is 1. The van der Waals surface area contributed by atoms with Crippen LogP contribution < -0.4 is 11.1 Å². The van der Waals surface area contributed by atoms with Crippen molar-refractivity contribution in [3.05, 3.63) is 46.9 Å². The van der Waals surface area contributed by atoms with Gasteiger partial charge in [-0.05, 0) is 54.7 Å². The van der Waals surface area contributed by atoms with Crippen molar-refractivity contribution < 1.29 is 9.90 Å². The van der Waals surface area contributed by atoms with Crippen LogP contribution in [0.4, 0.5) is 5.82 Å². The molecule has 4 N–H and O–H groups in total. The summed E-state index contributed by atoms with van der Waals surface area (Å²) < 4.78 is 1.99. The number of aromatic nitrogens is 3. The molecule has 4 rings (SSSR count). The largest absolute Gasteiger partial charge is 0.384 e. The van der Waals surface area contributed by atoms with E-state index in [2.05, 4.69) is 41.0 Å². The van der Waals surface area contributed by atoms with E-state index in [-0.39, 0.29) is 6.61 Å². The average Bonchev–Trinajstić information content (AvgIpc) is 3.48. The zero-order valence-electron chi connectivity index (χ0n) is 18.1. The van der Waals surface area contributed by atoms with Gasteiger partial charge in [0.15, 0.2) is 11.5 Å². The Bertz CT molecular complexity index is 1210. The number of nitrogens with zero attached hydrogens (tertiary/aromatic N) is 3. The molecule has 0 aliphatic heterocycles. The van der Waals surface area contributed by atoms with Crippen LogP contribution in [0.1, 0.15) is 59.8 Å². The van der Waals surface area contributed by atoms with Gasteiger partial charge in [0.2, 0.25) is 5.91 Å². The van der Waals surface area contributed by atoms with Crippen LogP contribution in [0.25, 0.3) is 16.9 Å². The number of fused-ring (bicyclic) bond motifs is 1. The Morgan fingerprint density at radius 2 is 2.16 bits per heavy atom. The topological polar surface area (TPSA) is 106 Å². The molecule has 0 spiro atoms. The molecule has 1 fully saturated rings. The molecule has 2 heterocycles. The Balaban J connectivity index is 1.92. The normalized spacial score (nSPS) is 13.3. The van der Waals surface area contributed by atoms with Crippen LogP contribution in [-0.2, 0) is 0 Å². The fraction of sp³-hybridized carbons (Fsp3) is 0.375. The van der Waals surface area contributed by atoms with E-state index in [1.807, 2.05) is 29.8 Å². The third-order valence-electron chi connectivity index (χ3n) is 5.51. The lowest BCUT2D eigenvalue weighted by Crippen LogP contribution is -2.14. The minimum absolute atomic E-state index is 0.231. The molecule has 1 aliphatic carbocycles. The van der Waals surface area contributed by atoms with Crippen LogP contribution in [0.3, 0.4) is 0 Å². The van der Waals surface area contributed by atoms with E-state index in [4.69, 9.17) is 10.8 Å². The third-order valence-corrected chi connectivity index (χ3v) is 5.51. The van der Waals surface area contributed by atoms with Crippen LogP contribution in [0.15, 0.2) is 24.5 Å². The van der Waals surface area contributed by atoms with Crippen molar-refractivity contribution in [2.24, 2.45) is 11.7 Å². The molecule has 0 saturated heterocycles. The second kappa shape index (κ2) is 8.40. The molecule has 1 aliphatic rings. The monoisotopic (exact) mass is 417 g/mol. The van der Waals surface area contributed by atoms with E-state index in [1.165, 1.54) is 0 Å². The molecule has 31 heavy (non-hydrogen) atoms. The Morgan fingerprint density at radius 1 is 1.39 bits per heavy atom. The zero-order valence-corrected chi connectivity index (χ0v) is 18.1. The maximum atomic E-state index is 11.9. The summed E-state index contributed by atoms with van der Waals surface area (Å²) in [4.78, 5) is 21.1. The number of anilines is 1. The quantitative estimate of drug-likeness (QED) is 0.535. The maximum Gasteiger partial charge on any atom is 0.248 e. The van der Waals surface area contributed by atoms with E-state index in [0.29, 0.717) is 34.6 Å². The van der Waals surface area contributed by atoms with Gasteiger partial charge in [-0.2, -0.15) is 0 Å². The van der Waals surface area contributed by atoms with E-state index in [1.54, 1.807) is 6.07 Å². The molecule has 160 valence electrons. The number of benzene rings is 1. The van der Waals surface area contributed by atoms with E-state index < -0.39 is 5.91 Å². The number of nitrogens with two attached hydrogens (primary N) is 1. The highest BCUT2D eigenvalue weighted by Crippen LogP contribution is 2.46. The molecule has 1 aromatic carbocycles. The number of aliphatic hydroxyl groups excluding tert-OH is 1. The third kappa shape index (κ3) is 4.12. The van der Waals surface area contributed by atoms with Gasteiger partial charge in [0.1, 0.15) is 12.3 Å². The minimum atomic E-state index is -0.407. The molecule has 0 bridgehead atoms. The smallest absolute Gasteiger partial charge is 0.248 e. The second-order valence-electron chi connectivity index (χ2n) is 8.38. The van der Waals surface area contributed by atoms with Crippen molar-refractivity contribution in [2.75, 3.05) is 18.5 Å². The lowest BCUT2D eigenvalue weighted by Gasteiger charge is -2.15. The van der Waals surface area contributed by atoms with Gasteiger partial charge in [0.25, 0.3) is 0 Å². The van der Waals surface area contributed by atoms with Crippen LogP contribution >= 0.6 is 0 Å². The number of hydrogen-bond donors (Lipinski definition) is 3. The maximum absolute atomic E-state index is 11.9. The number of carbonyl (C=O) groups excluding carboxylic acids is 1. The first-order chi connectivity index (χ1) is 14.9. The molecular weight excluding hydrogens is 390 g/mol. The first-order valence-corrected chi connectivity index (χ1v) is 10.6. The average molecular weight is 418 g/mol. The van der Waals surface area contributed by atoms with Crippen LogP contribution in [0, 0.1) is 24.7 Å². The van der Waals surface area contributed by atoms with E-state index in [9.17, 15) is 4.79 Å². The van der Waals surface area contributed by atoms with Gasteiger partial charge in [-0.15, -0.1) is 0 Å². The lowest BCUT2D eigenvalue weighted by molar-refractivity contribution is 0.0999. The summed E-state index contributed by atoms with van der Waals surface area (Å²) in [6.07, 6.45) is 5.88. The molecule has 0 unspecified atom stereocenters.